The molecular weight excluding hydrogens is 323 g/mol. The number of carbonyl (C=O) groups is 2. The number of halogens is 1. The van der Waals surface area contributed by atoms with Gasteiger partial charge in [-0.2, -0.15) is 0 Å². The summed E-state index contributed by atoms with van der Waals surface area (Å²) in [4.78, 5) is 24.2. The number of benzene rings is 2. The first-order chi connectivity index (χ1) is 12.1. The van der Waals surface area contributed by atoms with Crippen LogP contribution in [0.15, 0.2) is 48.5 Å². The molecule has 0 spiro atoms. The van der Waals surface area contributed by atoms with Crippen LogP contribution in [0.25, 0.3) is 0 Å². The Labute approximate surface area is 146 Å². The quantitative estimate of drug-likeness (QED) is 0.393. The van der Waals surface area contributed by atoms with E-state index in [0.29, 0.717) is 6.61 Å². The van der Waals surface area contributed by atoms with E-state index in [1.807, 2.05) is 0 Å². The Balaban J connectivity index is 1.95. The van der Waals surface area contributed by atoms with Crippen molar-refractivity contribution in [1.82, 2.24) is 0 Å². The van der Waals surface area contributed by atoms with E-state index in [9.17, 15) is 14.0 Å². The van der Waals surface area contributed by atoms with Gasteiger partial charge in [0.25, 0.3) is 0 Å². The van der Waals surface area contributed by atoms with Crippen LogP contribution in [0.4, 0.5) is 4.39 Å². The zero-order chi connectivity index (χ0) is 18.1. The summed E-state index contributed by atoms with van der Waals surface area (Å²) >= 11 is 0. The van der Waals surface area contributed by atoms with Crippen molar-refractivity contribution in [3.63, 3.8) is 0 Å². The molecule has 0 N–H and O–H groups in total. The first kappa shape index (κ1) is 18.6. The molecule has 0 unspecified atom stereocenters. The van der Waals surface area contributed by atoms with Crippen LogP contribution in [-0.4, -0.2) is 18.5 Å². The number of hydrogen-bond donors (Lipinski definition) is 0. The molecule has 0 aliphatic rings. The SMILES string of the molecule is CCCCCCOC(=O)c1cccc(C(=O)Oc2cccc(F)c2)c1. The summed E-state index contributed by atoms with van der Waals surface area (Å²) in [5.74, 6) is -1.53. The number of esters is 2. The van der Waals surface area contributed by atoms with Crippen molar-refractivity contribution in [2.45, 2.75) is 32.6 Å². The largest absolute Gasteiger partial charge is 0.462 e. The van der Waals surface area contributed by atoms with Gasteiger partial charge in [0.1, 0.15) is 11.6 Å². The fourth-order valence-electron chi connectivity index (χ4n) is 2.25. The van der Waals surface area contributed by atoms with Gasteiger partial charge in [-0.25, -0.2) is 14.0 Å². The minimum atomic E-state index is -0.664. The summed E-state index contributed by atoms with van der Waals surface area (Å²) in [5.41, 5.74) is 0.480. The molecule has 0 aromatic heterocycles. The number of ether oxygens (including phenoxy) is 2. The Morgan fingerprint density at radius 1 is 0.920 bits per heavy atom. The average molecular weight is 344 g/mol. The second-order valence-electron chi connectivity index (χ2n) is 5.62. The van der Waals surface area contributed by atoms with Crippen LogP contribution in [0.5, 0.6) is 5.75 Å². The van der Waals surface area contributed by atoms with Crippen LogP contribution in [0.1, 0.15) is 53.3 Å². The molecule has 2 rings (SSSR count). The molecule has 4 nitrogen and oxygen atoms in total. The maximum absolute atomic E-state index is 13.1. The van der Waals surface area contributed by atoms with Gasteiger partial charge >= 0.3 is 11.9 Å². The van der Waals surface area contributed by atoms with E-state index in [1.165, 1.54) is 30.3 Å². The molecule has 2 aromatic rings. The fraction of sp³-hybridized carbons (Fsp3) is 0.300. The lowest BCUT2D eigenvalue weighted by atomic mass is 10.1. The van der Waals surface area contributed by atoms with Crippen molar-refractivity contribution < 1.29 is 23.5 Å². The number of hydrogen-bond acceptors (Lipinski definition) is 4. The second-order valence-corrected chi connectivity index (χ2v) is 5.62. The molecule has 0 saturated heterocycles. The molecule has 0 amide bonds. The van der Waals surface area contributed by atoms with Crippen molar-refractivity contribution in [2.75, 3.05) is 6.61 Å². The summed E-state index contributed by atoms with van der Waals surface area (Å²) in [7, 11) is 0. The van der Waals surface area contributed by atoms with Gasteiger partial charge in [-0.3, -0.25) is 0 Å². The highest BCUT2D eigenvalue weighted by Gasteiger charge is 2.13. The third-order valence-electron chi connectivity index (χ3n) is 3.57. The smallest absolute Gasteiger partial charge is 0.343 e. The number of carbonyl (C=O) groups excluding carboxylic acids is 2. The maximum atomic E-state index is 13.1. The molecule has 0 atom stereocenters. The van der Waals surface area contributed by atoms with Gasteiger partial charge in [0, 0.05) is 6.07 Å². The molecule has 0 aliphatic heterocycles. The standard InChI is InChI=1S/C20H21FO4/c1-2-3-4-5-12-24-19(22)15-8-6-9-16(13-15)20(23)25-18-11-7-10-17(21)14-18/h6-11,13-14H,2-5,12H2,1H3. The van der Waals surface area contributed by atoms with Gasteiger partial charge in [-0.1, -0.05) is 38.3 Å². The first-order valence-electron chi connectivity index (χ1n) is 8.35. The highest BCUT2D eigenvalue weighted by molar-refractivity contribution is 5.96. The van der Waals surface area contributed by atoms with Crippen LogP contribution in [0.3, 0.4) is 0 Å². The normalized spacial score (nSPS) is 10.3. The van der Waals surface area contributed by atoms with Gasteiger partial charge in [0.2, 0.25) is 0 Å². The Hall–Kier alpha value is -2.69. The van der Waals surface area contributed by atoms with Crippen molar-refractivity contribution in [3.8, 4) is 5.75 Å². The predicted octanol–water partition coefficient (Wildman–Crippen LogP) is 4.78. The van der Waals surface area contributed by atoms with Gasteiger partial charge in [-0.15, -0.1) is 0 Å². The van der Waals surface area contributed by atoms with E-state index in [1.54, 1.807) is 12.1 Å². The zero-order valence-corrected chi connectivity index (χ0v) is 14.2. The number of unbranched alkanes of at least 4 members (excludes halogenated alkanes) is 3. The maximum Gasteiger partial charge on any atom is 0.343 e. The molecule has 0 bridgehead atoms. The molecule has 0 radical (unpaired) electrons. The van der Waals surface area contributed by atoms with Crippen LogP contribution in [-0.2, 0) is 4.74 Å². The fourth-order valence-corrected chi connectivity index (χ4v) is 2.25. The Morgan fingerprint density at radius 2 is 1.64 bits per heavy atom. The van der Waals surface area contributed by atoms with Crippen LogP contribution in [0, 0.1) is 5.82 Å². The summed E-state index contributed by atoms with van der Waals surface area (Å²) in [6.07, 6.45) is 4.06. The average Bonchev–Trinajstić information content (AvgIpc) is 2.61. The number of rotatable bonds is 8. The van der Waals surface area contributed by atoms with Crippen LogP contribution in [0.2, 0.25) is 0 Å². The Bertz CT molecular complexity index is 727. The third-order valence-corrected chi connectivity index (χ3v) is 3.57. The van der Waals surface area contributed by atoms with Crippen molar-refractivity contribution >= 4 is 11.9 Å². The third kappa shape index (κ3) is 6.03. The van der Waals surface area contributed by atoms with E-state index in [2.05, 4.69) is 6.92 Å². The monoisotopic (exact) mass is 344 g/mol. The van der Waals surface area contributed by atoms with E-state index < -0.39 is 17.8 Å². The highest BCUT2D eigenvalue weighted by Crippen LogP contribution is 2.15. The molecule has 0 heterocycles. The lowest BCUT2D eigenvalue weighted by molar-refractivity contribution is 0.0498. The van der Waals surface area contributed by atoms with E-state index >= 15 is 0 Å². The highest BCUT2D eigenvalue weighted by atomic mass is 19.1. The lowest BCUT2D eigenvalue weighted by Crippen LogP contribution is -2.11. The minimum Gasteiger partial charge on any atom is -0.462 e. The second kappa shape index (κ2) is 9.57. The van der Waals surface area contributed by atoms with Gasteiger partial charge in [0.05, 0.1) is 17.7 Å². The molecule has 25 heavy (non-hydrogen) atoms. The molecule has 132 valence electrons. The molecule has 5 heteroatoms. The van der Waals surface area contributed by atoms with Crippen LogP contribution >= 0.6 is 0 Å². The summed E-state index contributed by atoms with van der Waals surface area (Å²) < 4.78 is 23.4. The molecule has 2 aromatic carbocycles. The van der Waals surface area contributed by atoms with Crippen molar-refractivity contribution in [1.29, 1.82) is 0 Å². The van der Waals surface area contributed by atoms with E-state index in [4.69, 9.17) is 9.47 Å². The summed E-state index contributed by atoms with van der Waals surface area (Å²) in [5, 5.41) is 0. The van der Waals surface area contributed by atoms with Crippen LogP contribution < -0.4 is 4.74 Å². The Morgan fingerprint density at radius 3 is 2.36 bits per heavy atom. The Kier molecular flexibility index (Phi) is 7.14. The van der Waals surface area contributed by atoms with E-state index in [-0.39, 0.29) is 16.9 Å². The topological polar surface area (TPSA) is 52.6 Å². The first-order valence-corrected chi connectivity index (χ1v) is 8.35. The molecular formula is C20H21FO4. The lowest BCUT2D eigenvalue weighted by Gasteiger charge is -2.07. The van der Waals surface area contributed by atoms with Crippen molar-refractivity contribution in [3.05, 3.63) is 65.5 Å². The van der Waals surface area contributed by atoms with Crippen molar-refractivity contribution in [2.24, 2.45) is 0 Å². The molecule has 0 fully saturated rings. The predicted molar refractivity (Wildman–Crippen MR) is 92.2 cm³/mol. The van der Waals surface area contributed by atoms with Gasteiger partial charge in [-0.05, 0) is 36.8 Å². The summed E-state index contributed by atoms with van der Waals surface area (Å²) in [6.45, 7) is 2.47. The summed E-state index contributed by atoms with van der Waals surface area (Å²) in [6, 6.07) is 11.4. The van der Waals surface area contributed by atoms with E-state index in [0.717, 1.165) is 31.7 Å². The molecule has 0 aliphatic carbocycles. The van der Waals surface area contributed by atoms with Gasteiger partial charge in [0.15, 0.2) is 0 Å². The van der Waals surface area contributed by atoms with Gasteiger partial charge < -0.3 is 9.47 Å². The zero-order valence-electron chi connectivity index (χ0n) is 14.2. The minimum absolute atomic E-state index is 0.105. The molecule has 0 saturated carbocycles.